The summed E-state index contributed by atoms with van der Waals surface area (Å²) in [6.45, 7) is 5.93. The van der Waals surface area contributed by atoms with Gasteiger partial charge in [0.15, 0.2) is 11.5 Å². The van der Waals surface area contributed by atoms with E-state index in [1.165, 1.54) is 5.56 Å². The maximum atomic E-state index is 12.9. The van der Waals surface area contributed by atoms with Crippen molar-refractivity contribution in [3.63, 3.8) is 0 Å². The first-order valence-electron chi connectivity index (χ1n) is 11.9. The summed E-state index contributed by atoms with van der Waals surface area (Å²) in [5, 5.41) is 23.1. The summed E-state index contributed by atoms with van der Waals surface area (Å²) >= 11 is 0. The number of ether oxygens (including phenoxy) is 2. The fraction of sp³-hybridized carbons (Fsp3) is 0.500. The largest absolute Gasteiger partial charge is 0.508 e. The van der Waals surface area contributed by atoms with Crippen molar-refractivity contribution in [1.29, 1.82) is 0 Å². The molecule has 0 bridgehead atoms. The maximum Gasteiger partial charge on any atom is 0.255 e. The average Bonchev–Trinajstić information content (AvgIpc) is 3.04. The van der Waals surface area contributed by atoms with Crippen molar-refractivity contribution < 1.29 is 24.5 Å². The summed E-state index contributed by atoms with van der Waals surface area (Å²) in [6, 6.07) is 11.1. The molecule has 1 fully saturated rings. The summed E-state index contributed by atoms with van der Waals surface area (Å²) in [7, 11) is 0. The van der Waals surface area contributed by atoms with E-state index in [2.05, 4.69) is 10.2 Å². The Kier molecular flexibility index (Phi) is 7.73. The fourth-order valence-electron chi connectivity index (χ4n) is 4.56. The third kappa shape index (κ3) is 6.18. The van der Waals surface area contributed by atoms with Crippen LogP contribution >= 0.6 is 0 Å². The molecule has 2 aliphatic heterocycles. The number of nitrogens with zero attached hydrogens (tertiary/aromatic N) is 1. The first-order valence-corrected chi connectivity index (χ1v) is 11.9. The van der Waals surface area contributed by atoms with Crippen LogP contribution in [0, 0.1) is 12.8 Å². The molecule has 3 N–H and O–H groups in total. The molecular formula is C26H34N2O5. The highest BCUT2D eigenvalue weighted by atomic mass is 16.5. The second-order valence-corrected chi connectivity index (χ2v) is 9.09. The second-order valence-electron chi connectivity index (χ2n) is 9.09. The van der Waals surface area contributed by atoms with E-state index < -0.39 is 6.10 Å². The molecule has 1 amide bonds. The van der Waals surface area contributed by atoms with Crippen LogP contribution in [0.25, 0.3) is 0 Å². The molecule has 7 nitrogen and oxygen atoms in total. The Bertz CT molecular complexity index is 946. The number of aliphatic hydroxyl groups excluding tert-OH is 1. The minimum Gasteiger partial charge on any atom is -0.508 e. The number of phenolic OH excluding ortho intramolecular Hbond substituents is 1. The number of β-amino-alcohol motifs (C(OH)–C–C–N with tert-alkyl or cyclic N) is 1. The zero-order valence-corrected chi connectivity index (χ0v) is 19.3. The number of fused-ring (bicyclic) bond motifs is 1. The van der Waals surface area contributed by atoms with Crippen molar-refractivity contribution in [1.82, 2.24) is 10.2 Å². The van der Waals surface area contributed by atoms with Crippen molar-refractivity contribution in [2.24, 2.45) is 5.92 Å². The van der Waals surface area contributed by atoms with Gasteiger partial charge >= 0.3 is 0 Å². The van der Waals surface area contributed by atoms with Gasteiger partial charge in [-0.3, -0.25) is 4.79 Å². The molecule has 178 valence electrons. The lowest BCUT2D eigenvalue weighted by molar-refractivity contribution is 0.0218. The number of phenols is 1. The first kappa shape index (κ1) is 23.4. The van der Waals surface area contributed by atoms with E-state index >= 15 is 0 Å². The van der Waals surface area contributed by atoms with Crippen LogP contribution < -0.4 is 14.8 Å². The van der Waals surface area contributed by atoms with Gasteiger partial charge in [-0.05, 0) is 74.7 Å². The van der Waals surface area contributed by atoms with E-state index in [-0.39, 0.29) is 17.6 Å². The van der Waals surface area contributed by atoms with Crippen LogP contribution in [-0.4, -0.2) is 66.5 Å². The Labute approximate surface area is 195 Å². The lowest BCUT2D eigenvalue weighted by Crippen LogP contribution is -2.47. The highest BCUT2D eigenvalue weighted by Gasteiger charge is 2.28. The van der Waals surface area contributed by atoms with E-state index in [4.69, 9.17) is 9.47 Å². The van der Waals surface area contributed by atoms with Gasteiger partial charge in [0.25, 0.3) is 5.91 Å². The topological polar surface area (TPSA) is 91.3 Å². The maximum absolute atomic E-state index is 12.9. The average molecular weight is 455 g/mol. The van der Waals surface area contributed by atoms with Gasteiger partial charge in [-0.1, -0.05) is 12.1 Å². The van der Waals surface area contributed by atoms with Gasteiger partial charge in [-0.2, -0.15) is 0 Å². The van der Waals surface area contributed by atoms with Crippen LogP contribution in [0.2, 0.25) is 0 Å². The van der Waals surface area contributed by atoms with E-state index in [1.54, 1.807) is 12.1 Å². The molecule has 0 aromatic heterocycles. The third-order valence-corrected chi connectivity index (χ3v) is 6.44. The van der Waals surface area contributed by atoms with Crippen molar-refractivity contribution in [3.05, 3.63) is 53.1 Å². The molecule has 2 aromatic rings. The normalized spacial score (nSPS) is 20.8. The number of piperidine rings is 1. The molecule has 0 saturated carbocycles. The summed E-state index contributed by atoms with van der Waals surface area (Å²) in [5.41, 5.74) is 2.65. The Morgan fingerprint density at radius 2 is 1.97 bits per heavy atom. The van der Waals surface area contributed by atoms with Gasteiger partial charge < -0.3 is 29.9 Å². The number of aryl methyl sites for hydroxylation is 2. The minimum atomic E-state index is -0.470. The molecule has 33 heavy (non-hydrogen) atoms. The van der Waals surface area contributed by atoms with Crippen molar-refractivity contribution in [2.45, 2.75) is 38.7 Å². The van der Waals surface area contributed by atoms with Gasteiger partial charge in [0, 0.05) is 25.4 Å². The summed E-state index contributed by atoms with van der Waals surface area (Å²) in [5.74, 6) is 1.26. The predicted octanol–water partition coefficient (Wildman–Crippen LogP) is 2.91. The van der Waals surface area contributed by atoms with Crippen LogP contribution in [0.15, 0.2) is 36.4 Å². The fourth-order valence-corrected chi connectivity index (χ4v) is 4.56. The summed E-state index contributed by atoms with van der Waals surface area (Å²) < 4.78 is 11.6. The number of carbonyl (C=O) groups is 1. The van der Waals surface area contributed by atoms with Gasteiger partial charge in [-0.25, -0.2) is 0 Å². The van der Waals surface area contributed by atoms with Crippen molar-refractivity contribution >= 4 is 5.91 Å². The number of aromatic hydroxyl groups is 1. The monoisotopic (exact) mass is 454 g/mol. The van der Waals surface area contributed by atoms with E-state index in [1.807, 2.05) is 31.2 Å². The molecule has 0 unspecified atom stereocenters. The summed E-state index contributed by atoms with van der Waals surface area (Å²) in [6.07, 6.45) is 3.10. The second kappa shape index (κ2) is 10.9. The van der Waals surface area contributed by atoms with Gasteiger partial charge in [0.05, 0.1) is 24.9 Å². The molecule has 1 saturated heterocycles. The van der Waals surface area contributed by atoms with Gasteiger partial charge in [0.1, 0.15) is 5.75 Å². The van der Waals surface area contributed by atoms with Gasteiger partial charge in [-0.15, -0.1) is 0 Å². The smallest absolute Gasteiger partial charge is 0.255 e. The lowest BCUT2D eigenvalue weighted by atomic mass is 9.93. The quantitative estimate of drug-likeness (QED) is 0.596. The standard InChI is InChI=1S/C26H34N2O5/c1-18-14-22(25-24(15-18)32-12-3-13-33-25)26(31)27-16-20-9-11-28(17-23(20)30)10-2-4-19-5-7-21(29)8-6-19/h5-8,14-15,20,23,29-30H,2-4,9-13,16-17H2,1H3,(H,27,31)/t20-,23+/m0/s1. The minimum absolute atomic E-state index is 0.0304. The summed E-state index contributed by atoms with van der Waals surface area (Å²) in [4.78, 5) is 15.2. The Morgan fingerprint density at radius 3 is 2.76 bits per heavy atom. The third-order valence-electron chi connectivity index (χ3n) is 6.44. The number of benzene rings is 2. The number of hydrogen-bond donors (Lipinski definition) is 3. The van der Waals surface area contributed by atoms with E-state index in [0.29, 0.717) is 43.4 Å². The molecule has 2 atom stereocenters. The van der Waals surface area contributed by atoms with E-state index in [0.717, 1.165) is 44.3 Å². The van der Waals surface area contributed by atoms with Crippen LogP contribution in [-0.2, 0) is 6.42 Å². The van der Waals surface area contributed by atoms with Crippen LogP contribution in [0.4, 0.5) is 0 Å². The molecule has 0 aliphatic carbocycles. The molecular weight excluding hydrogens is 420 g/mol. The first-order chi connectivity index (χ1) is 16.0. The van der Waals surface area contributed by atoms with Crippen molar-refractivity contribution in [2.75, 3.05) is 39.4 Å². The Hall–Kier alpha value is -2.77. The molecule has 2 heterocycles. The molecule has 2 aliphatic rings. The molecule has 2 aromatic carbocycles. The molecule has 0 spiro atoms. The predicted molar refractivity (Wildman–Crippen MR) is 126 cm³/mol. The van der Waals surface area contributed by atoms with Crippen LogP contribution in [0.1, 0.15) is 40.7 Å². The molecule has 7 heteroatoms. The Morgan fingerprint density at radius 1 is 1.18 bits per heavy atom. The number of likely N-dealkylation sites (tertiary alicyclic amines) is 1. The number of amides is 1. The van der Waals surface area contributed by atoms with Gasteiger partial charge in [0.2, 0.25) is 0 Å². The number of carbonyl (C=O) groups excluding carboxylic acids is 1. The zero-order valence-electron chi connectivity index (χ0n) is 19.3. The molecule has 0 radical (unpaired) electrons. The number of nitrogens with one attached hydrogen (secondary N) is 1. The van der Waals surface area contributed by atoms with Crippen LogP contribution in [0.5, 0.6) is 17.2 Å². The van der Waals surface area contributed by atoms with E-state index in [9.17, 15) is 15.0 Å². The SMILES string of the molecule is Cc1cc2c(c(C(=O)NC[C@@H]3CCN(CCCc4ccc(O)cc4)C[C@H]3O)c1)OCCCO2. The lowest BCUT2D eigenvalue weighted by Gasteiger charge is -2.36. The van der Waals surface area contributed by atoms with Crippen LogP contribution in [0.3, 0.4) is 0 Å². The zero-order chi connectivity index (χ0) is 23.2. The highest BCUT2D eigenvalue weighted by Crippen LogP contribution is 2.34. The number of aliphatic hydroxyl groups is 1. The number of rotatable bonds is 7. The molecule has 4 rings (SSSR count). The number of hydrogen-bond acceptors (Lipinski definition) is 6. The van der Waals surface area contributed by atoms with Crippen molar-refractivity contribution in [3.8, 4) is 17.2 Å². The highest BCUT2D eigenvalue weighted by molar-refractivity contribution is 5.98. The Balaban J connectivity index is 1.25.